The second-order valence-corrected chi connectivity index (χ2v) is 7.78. The molecule has 2 aliphatic rings. The third-order valence-electron chi connectivity index (χ3n) is 5.70. The largest absolute Gasteiger partial charge is 0.372 e. The van der Waals surface area contributed by atoms with Gasteiger partial charge in [0.15, 0.2) is 0 Å². The first-order valence-corrected chi connectivity index (χ1v) is 10.6. The van der Waals surface area contributed by atoms with Crippen LogP contribution in [0.25, 0.3) is 5.57 Å². The van der Waals surface area contributed by atoms with Crippen LogP contribution < -0.4 is 10.2 Å². The molecule has 1 N–H and O–H groups in total. The minimum atomic E-state index is -0.507. The molecule has 2 aromatic carbocycles. The van der Waals surface area contributed by atoms with E-state index >= 15 is 0 Å². The fourth-order valence-electron chi connectivity index (χ4n) is 4.06. The van der Waals surface area contributed by atoms with Crippen LogP contribution in [0.4, 0.5) is 17.1 Å². The molecule has 32 heavy (non-hydrogen) atoms. The number of rotatable bonds is 7. The van der Waals surface area contributed by atoms with E-state index in [1.165, 1.54) is 49.6 Å². The van der Waals surface area contributed by atoms with Crippen molar-refractivity contribution in [2.75, 3.05) is 29.9 Å². The maximum absolute atomic E-state index is 13.0. The molecule has 0 spiro atoms. The minimum Gasteiger partial charge on any atom is -0.372 e. The zero-order valence-electron chi connectivity index (χ0n) is 17.6. The third-order valence-corrected chi connectivity index (χ3v) is 5.70. The van der Waals surface area contributed by atoms with Crippen LogP contribution in [-0.2, 0) is 9.59 Å². The van der Waals surface area contributed by atoms with Gasteiger partial charge in [-0.25, -0.2) is 0 Å². The maximum atomic E-state index is 13.0. The molecule has 0 aliphatic carbocycles. The predicted octanol–water partition coefficient (Wildman–Crippen LogP) is 3.96. The van der Waals surface area contributed by atoms with Gasteiger partial charge < -0.3 is 10.2 Å². The van der Waals surface area contributed by atoms with E-state index in [9.17, 15) is 19.7 Å². The molecule has 0 saturated carbocycles. The van der Waals surface area contributed by atoms with E-state index in [0.717, 1.165) is 23.7 Å². The lowest BCUT2D eigenvalue weighted by atomic mass is 10.0. The topological polar surface area (TPSA) is 95.8 Å². The number of hydrogen-bond acceptors (Lipinski definition) is 6. The molecule has 0 radical (unpaired) electrons. The van der Waals surface area contributed by atoms with E-state index in [1.54, 1.807) is 0 Å². The number of nitrogens with one attached hydrogen (secondary N) is 1. The van der Waals surface area contributed by atoms with Gasteiger partial charge in [0.05, 0.1) is 10.5 Å². The van der Waals surface area contributed by atoms with E-state index in [2.05, 4.69) is 16.8 Å². The molecule has 164 valence electrons. The van der Waals surface area contributed by atoms with Gasteiger partial charge in [0, 0.05) is 43.1 Å². The van der Waals surface area contributed by atoms with Crippen LogP contribution in [0.2, 0.25) is 0 Å². The van der Waals surface area contributed by atoms with E-state index < -0.39 is 16.7 Å². The van der Waals surface area contributed by atoms with E-state index in [-0.39, 0.29) is 23.5 Å². The second-order valence-electron chi connectivity index (χ2n) is 7.78. The maximum Gasteiger partial charge on any atom is 0.278 e. The number of benzene rings is 2. The van der Waals surface area contributed by atoms with Crippen LogP contribution >= 0.6 is 0 Å². The number of anilines is 2. The normalized spacial score (nSPS) is 16.5. The summed E-state index contributed by atoms with van der Waals surface area (Å²) in [5, 5.41) is 14.1. The number of amides is 2. The highest BCUT2D eigenvalue weighted by atomic mass is 16.6. The van der Waals surface area contributed by atoms with Gasteiger partial charge in [0.25, 0.3) is 17.5 Å². The predicted molar refractivity (Wildman–Crippen MR) is 123 cm³/mol. The van der Waals surface area contributed by atoms with Gasteiger partial charge in [-0.2, -0.15) is 0 Å². The number of carbonyl (C=O) groups excluding carboxylic acids is 2. The summed E-state index contributed by atoms with van der Waals surface area (Å²) in [5.74, 6) is -0.917. The van der Waals surface area contributed by atoms with E-state index in [4.69, 9.17) is 0 Å². The summed E-state index contributed by atoms with van der Waals surface area (Å²) in [6, 6.07) is 13.4. The third kappa shape index (κ3) is 4.12. The van der Waals surface area contributed by atoms with Gasteiger partial charge in [-0.05, 0) is 61.2 Å². The Morgan fingerprint density at radius 2 is 1.62 bits per heavy atom. The first kappa shape index (κ1) is 21.3. The van der Waals surface area contributed by atoms with Gasteiger partial charge in [-0.3, -0.25) is 24.6 Å². The summed E-state index contributed by atoms with van der Waals surface area (Å²) >= 11 is 0. The Labute approximate surface area is 186 Å². The summed E-state index contributed by atoms with van der Waals surface area (Å²) in [4.78, 5) is 39.9. The Kier molecular flexibility index (Phi) is 6.02. The quantitative estimate of drug-likeness (QED) is 0.308. The van der Waals surface area contributed by atoms with Crippen molar-refractivity contribution in [2.45, 2.75) is 19.3 Å². The molecule has 0 aromatic heterocycles. The highest BCUT2D eigenvalue weighted by molar-refractivity contribution is 6.36. The van der Waals surface area contributed by atoms with Crippen molar-refractivity contribution >= 4 is 34.4 Å². The highest BCUT2D eigenvalue weighted by Crippen LogP contribution is 2.32. The molecule has 0 unspecified atom stereocenters. The molecule has 2 aliphatic heterocycles. The summed E-state index contributed by atoms with van der Waals surface area (Å²) in [6.07, 6.45) is 5.11. The van der Waals surface area contributed by atoms with Gasteiger partial charge in [-0.1, -0.05) is 6.08 Å². The molecule has 1 saturated heterocycles. The Bertz CT molecular complexity index is 1080. The van der Waals surface area contributed by atoms with E-state index in [0.29, 0.717) is 11.3 Å². The van der Waals surface area contributed by atoms with E-state index in [1.807, 2.05) is 24.3 Å². The molecule has 8 nitrogen and oxygen atoms in total. The van der Waals surface area contributed by atoms with Crippen molar-refractivity contribution in [2.24, 2.45) is 0 Å². The molecule has 8 heteroatoms. The standard InChI is InChI=1S/C24H24N4O4/c1-2-14-27-23(29)21(17-6-10-20(11-7-17)28(31)32)22(24(27)30)25-18-8-12-19(13-9-18)26-15-4-3-5-16-26/h2,6-13,25H,1,3-5,14-16H2. The molecule has 2 aromatic rings. The molecular weight excluding hydrogens is 408 g/mol. The lowest BCUT2D eigenvalue weighted by Crippen LogP contribution is -2.32. The average molecular weight is 432 g/mol. The monoisotopic (exact) mass is 432 g/mol. The zero-order valence-corrected chi connectivity index (χ0v) is 17.6. The molecule has 4 rings (SSSR count). The highest BCUT2D eigenvalue weighted by Gasteiger charge is 2.38. The first-order valence-electron chi connectivity index (χ1n) is 10.6. The van der Waals surface area contributed by atoms with Gasteiger partial charge in [0.1, 0.15) is 5.70 Å². The zero-order chi connectivity index (χ0) is 22.7. The van der Waals surface area contributed by atoms with Crippen molar-refractivity contribution in [3.63, 3.8) is 0 Å². The van der Waals surface area contributed by atoms with Crippen molar-refractivity contribution in [3.05, 3.63) is 82.6 Å². The Hall–Kier alpha value is -3.94. The number of piperidine rings is 1. The van der Waals surface area contributed by atoms with Crippen LogP contribution in [0.5, 0.6) is 0 Å². The first-order chi connectivity index (χ1) is 15.5. The molecular formula is C24H24N4O4. The van der Waals surface area contributed by atoms with Crippen LogP contribution in [-0.4, -0.2) is 41.3 Å². The second kappa shape index (κ2) is 9.05. The fraction of sp³-hybridized carbons (Fsp3) is 0.250. The smallest absolute Gasteiger partial charge is 0.278 e. The lowest BCUT2D eigenvalue weighted by Gasteiger charge is -2.28. The summed E-state index contributed by atoms with van der Waals surface area (Å²) < 4.78 is 0. The van der Waals surface area contributed by atoms with Crippen LogP contribution in [0.3, 0.4) is 0 Å². The number of imide groups is 1. The number of nitro groups is 1. The Balaban J connectivity index is 1.65. The molecule has 0 bridgehead atoms. The molecule has 2 amide bonds. The van der Waals surface area contributed by atoms with Crippen LogP contribution in [0.15, 0.2) is 66.9 Å². The van der Waals surface area contributed by atoms with Gasteiger partial charge >= 0.3 is 0 Å². The summed E-state index contributed by atoms with van der Waals surface area (Å²) in [7, 11) is 0. The Morgan fingerprint density at radius 3 is 2.22 bits per heavy atom. The van der Waals surface area contributed by atoms with Crippen LogP contribution in [0.1, 0.15) is 24.8 Å². The minimum absolute atomic E-state index is 0.0766. The van der Waals surface area contributed by atoms with Gasteiger partial charge in [-0.15, -0.1) is 6.58 Å². The van der Waals surface area contributed by atoms with Crippen molar-refractivity contribution in [3.8, 4) is 0 Å². The van der Waals surface area contributed by atoms with Crippen molar-refractivity contribution in [1.29, 1.82) is 0 Å². The molecule has 1 fully saturated rings. The summed E-state index contributed by atoms with van der Waals surface area (Å²) in [6.45, 7) is 5.76. The average Bonchev–Trinajstić information content (AvgIpc) is 3.04. The number of nitrogens with zero attached hydrogens (tertiary/aromatic N) is 3. The van der Waals surface area contributed by atoms with Crippen molar-refractivity contribution in [1.82, 2.24) is 4.90 Å². The molecule has 2 heterocycles. The van der Waals surface area contributed by atoms with Gasteiger partial charge in [0.2, 0.25) is 0 Å². The number of hydrogen-bond donors (Lipinski definition) is 1. The van der Waals surface area contributed by atoms with Crippen molar-refractivity contribution < 1.29 is 14.5 Å². The molecule has 0 atom stereocenters. The SMILES string of the molecule is C=CCN1C(=O)C(Nc2ccc(N3CCCCC3)cc2)=C(c2ccc([N+](=O)[O-])cc2)C1=O. The number of nitro benzene ring substituents is 1. The van der Waals surface area contributed by atoms with Crippen LogP contribution in [0, 0.1) is 10.1 Å². The lowest BCUT2D eigenvalue weighted by molar-refractivity contribution is -0.384. The number of carbonyl (C=O) groups is 2. The summed E-state index contributed by atoms with van der Waals surface area (Å²) in [5.41, 5.74) is 2.50. The fourth-order valence-corrected chi connectivity index (χ4v) is 4.06. The number of non-ortho nitro benzene ring substituents is 1. The Morgan fingerprint density at radius 1 is 0.969 bits per heavy atom.